The van der Waals surface area contributed by atoms with E-state index >= 15 is 0 Å². The molecule has 0 saturated heterocycles. The van der Waals surface area contributed by atoms with E-state index in [0.29, 0.717) is 28.6 Å². The van der Waals surface area contributed by atoms with Crippen LogP contribution in [0.3, 0.4) is 0 Å². The Hall–Kier alpha value is -4.39. The summed E-state index contributed by atoms with van der Waals surface area (Å²) in [7, 11) is 1.61. The lowest BCUT2D eigenvalue weighted by Crippen LogP contribution is -2.17. The predicted molar refractivity (Wildman–Crippen MR) is 141 cm³/mol. The summed E-state index contributed by atoms with van der Waals surface area (Å²) in [6.45, 7) is 7.05. The van der Waals surface area contributed by atoms with E-state index in [1.165, 1.54) is 6.92 Å². The molecule has 1 heterocycles. The van der Waals surface area contributed by atoms with Crippen molar-refractivity contribution in [3.8, 4) is 39.7 Å². The average Bonchev–Trinajstić information content (AvgIpc) is 3.23. The molecule has 1 N–H and O–H groups in total. The predicted octanol–water partition coefficient (Wildman–Crippen LogP) is 6.04. The van der Waals surface area contributed by atoms with Crippen LogP contribution in [-0.2, 0) is 9.59 Å². The molecule has 0 saturated carbocycles. The van der Waals surface area contributed by atoms with E-state index in [2.05, 4.69) is 5.32 Å². The summed E-state index contributed by atoms with van der Waals surface area (Å²) >= 11 is 0. The molecule has 4 rings (SSSR count). The standard InChI is InChI=1S/C29H29N3O4/c1-18(2)28(34)30-22-14-12-21(13-15-22)26-27(24-8-6-7-9-25(24)35-5)31-32(29(26)36-20(4)33)23-16-10-19(3)11-17-23/h6-18H,1-5H3,(H,30,34). The average molecular weight is 484 g/mol. The number of ether oxygens (including phenoxy) is 2. The number of carbonyl (C=O) groups excluding carboxylic acids is 2. The molecule has 1 aromatic heterocycles. The van der Waals surface area contributed by atoms with E-state index in [0.717, 1.165) is 22.4 Å². The highest BCUT2D eigenvalue weighted by molar-refractivity contribution is 5.93. The van der Waals surface area contributed by atoms with Crippen molar-refractivity contribution in [3.63, 3.8) is 0 Å². The first-order valence-electron chi connectivity index (χ1n) is 11.7. The van der Waals surface area contributed by atoms with Crippen LogP contribution in [0.2, 0.25) is 0 Å². The van der Waals surface area contributed by atoms with E-state index in [1.54, 1.807) is 11.8 Å². The van der Waals surface area contributed by atoms with E-state index < -0.39 is 5.97 Å². The van der Waals surface area contributed by atoms with Gasteiger partial charge in [0.25, 0.3) is 0 Å². The maximum absolute atomic E-state index is 12.2. The van der Waals surface area contributed by atoms with Gasteiger partial charge in [-0.1, -0.05) is 55.8 Å². The number of nitrogens with one attached hydrogen (secondary N) is 1. The molecule has 0 radical (unpaired) electrons. The van der Waals surface area contributed by atoms with Gasteiger partial charge in [0.2, 0.25) is 11.8 Å². The van der Waals surface area contributed by atoms with E-state index in [-0.39, 0.29) is 11.8 Å². The highest BCUT2D eigenvalue weighted by Crippen LogP contribution is 2.43. The number of hydrogen-bond donors (Lipinski definition) is 1. The number of aromatic nitrogens is 2. The van der Waals surface area contributed by atoms with Gasteiger partial charge < -0.3 is 14.8 Å². The van der Waals surface area contributed by atoms with Crippen LogP contribution in [0.4, 0.5) is 5.69 Å². The van der Waals surface area contributed by atoms with Crippen molar-refractivity contribution >= 4 is 17.6 Å². The molecule has 7 nitrogen and oxygen atoms in total. The number of esters is 1. The third-order valence-electron chi connectivity index (χ3n) is 5.69. The Morgan fingerprint density at radius 3 is 2.22 bits per heavy atom. The summed E-state index contributed by atoms with van der Waals surface area (Å²) in [6, 6.07) is 22.8. The summed E-state index contributed by atoms with van der Waals surface area (Å²) < 4.78 is 13.0. The fraction of sp³-hybridized carbons (Fsp3) is 0.207. The molecule has 184 valence electrons. The van der Waals surface area contributed by atoms with Gasteiger partial charge >= 0.3 is 5.97 Å². The number of methoxy groups -OCH3 is 1. The molecule has 0 unspecified atom stereocenters. The fourth-order valence-electron chi connectivity index (χ4n) is 3.79. The number of nitrogens with zero attached hydrogens (tertiary/aromatic N) is 2. The van der Waals surface area contributed by atoms with Gasteiger partial charge in [0.05, 0.1) is 18.4 Å². The van der Waals surface area contributed by atoms with E-state index in [1.807, 2.05) is 93.6 Å². The van der Waals surface area contributed by atoms with Crippen LogP contribution >= 0.6 is 0 Å². The van der Waals surface area contributed by atoms with Gasteiger partial charge in [0.1, 0.15) is 11.4 Å². The Kier molecular flexibility index (Phi) is 7.20. The monoisotopic (exact) mass is 483 g/mol. The zero-order chi connectivity index (χ0) is 25.8. The van der Waals surface area contributed by atoms with Gasteiger partial charge in [0, 0.05) is 24.1 Å². The Morgan fingerprint density at radius 1 is 0.944 bits per heavy atom. The smallest absolute Gasteiger partial charge is 0.309 e. The number of anilines is 1. The Balaban J connectivity index is 1.95. The maximum atomic E-state index is 12.2. The van der Waals surface area contributed by atoms with Gasteiger partial charge in [-0.25, -0.2) is 0 Å². The molecule has 7 heteroatoms. The first kappa shape index (κ1) is 24.7. The zero-order valence-electron chi connectivity index (χ0n) is 21.0. The molecule has 3 aromatic carbocycles. The van der Waals surface area contributed by atoms with Crippen LogP contribution in [0.5, 0.6) is 11.6 Å². The maximum Gasteiger partial charge on any atom is 0.309 e. The Labute approximate surface area is 210 Å². The molecule has 0 atom stereocenters. The van der Waals surface area contributed by atoms with Crippen LogP contribution in [0, 0.1) is 12.8 Å². The number of rotatable bonds is 7. The lowest BCUT2D eigenvalue weighted by atomic mass is 10.00. The van der Waals surface area contributed by atoms with Crippen molar-refractivity contribution in [2.45, 2.75) is 27.7 Å². The SMILES string of the molecule is COc1ccccc1-c1nn(-c2ccc(C)cc2)c(OC(C)=O)c1-c1ccc(NC(=O)C(C)C)cc1. The normalized spacial score (nSPS) is 10.8. The van der Waals surface area contributed by atoms with Crippen molar-refractivity contribution in [2.75, 3.05) is 12.4 Å². The van der Waals surface area contributed by atoms with Crippen molar-refractivity contribution in [2.24, 2.45) is 5.92 Å². The number of aryl methyl sites for hydroxylation is 1. The highest BCUT2D eigenvalue weighted by Gasteiger charge is 2.26. The topological polar surface area (TPSA) is 82.4 Å². The van der Waals surface area contributed by atoms with Gasteiger partial charge in [-0.2, -0.15) is 9.78 Å². The minimum Gasteiger partial charge on any atom is -0.496 e. The Morgan fingerprint density at radius 2 is 1.61 bits per heavy atom. The first-order chi connectivity index (χ1) is 17.3. The quantitative estimate of drug-likeness (QED) is 0.324. The number of hydrogen-bond acceptors (Lipinski definition) is 5. The summed E-state index contributed by atoms with van der Waals surface area (Å²) in [5.74, 6) is 0.279. The lowest BCUT2D eigenvalue weighted by molar-refractivity contribution is -0.132. The van der Waals surface area contributed by atoms with Crippen LogP contribution in [-0.4, -0.2) is 28.8 Å². The summed E-state index contributed by atoms with van der Waals surface area (Å²) in [4.78, 5) is 24.3. The second-order valence-corrected chi connectivity index (χ2v) is 8.79. The summed E-state index contributed by atoms with van der Waals surface area (Å²) in [5, 5.41) is 7.80. The van der Waals surface area contributed by atoms with Crippen LogP contribution in [0.25, 0.3) is 28.1 Å². The molecule has 36 heavy (non-hydrogen) atoms. The van der Waals surface area contributed by atoms with Crippen molar-refractivity contribution in [3.05, 3.63) is 78.4 Å². The van der Waals surface area contributed by atoms with Crippen molar-refractivity contribution < 1.29 is 19.1 Å². The molecule has 4 aromatic rings. The molecule has 1 amide bonds. The number of benzene rings is 3. The second-order valence-electron chi connectivity index (χ2n) is 8.79. The van der Waals surface area contributed by atoms with Crippen LogP contribution in [0.15, 0.2) is 72.8 Å². The van der Waals surface area contributed by atoms with Gasteiger partial charge in [-0.05, 0) is 48.9 Å². The third kappa shape index (κ3) is 5.15. The number of para-hydroxylation sites is 1. The second kappa shape index (κ2) is 10.5. The minimum atomic E-state index is -0.461. The largest absolute Gasteiger partial charge is 0.496 e. The van der Waals surface area contributed by atoms with Crippen LogP contribution < -0.4 is 14.8 Å². The van der Waals surface area contributed by atoms with E-state index in [4.69, 9.17) is 14.6 Å². The highest BCUT2D eigenvalue weighted by atomic mass is 16.5. The molecular formula is C29H29N3O4. The summed E-state index contributed by atoms with van der Waals surface area (Å²) in [6.07, 6.45) is 0. The summed E-state index contributed by atoms with van der Waals surface area (Å²) in [5.41, 5.74) is 5.29. The van der Waals surface area contributed by atoms with E-state index in [9.17, 15) is 9.59 Å². The van der Waals surface area contributed by atoms with Crippen molar-refractivity contribution in [1.82, 2.24) is 9.78 Å². The number of amides is 1. The lowest BCUT2D eigenvalue weighted by Gasteiger charge is -2.12. The molecule has 0 aliphatic rings. The number of carbonyl (C=O) groups is 2. The minimum absolute atomic E-state index is 0.0646. The van der Waals surface area contributed by atoms with Crippen molar-refractivity contribution in [1.29, 1.82) is 0 Å². The van der Waals surface area contributed by atoms with Gasteiger partial charge in [-0.3, -0.25) is 9.59 Å². The molecule has 0 aliphatic carbocycles. The molecule has 0 bridgehead atoms. The molecule has 0 spiro atoms. The first-order valence-corrected chi connectivity index (χ1v) is 11.7. The zero-order valence-corrected chi connectivity index (χ0v) is 21.0. The molecular weight excluding hydrogens is 454 g/mol. The third-order valence-corrected chi connectivity index (χ3v) is 5.69. The Bertz CT molecular complexity index is 1390. The molecule has 0 fully saturated rings. The van der Waals surface area contributed by atoms with Crippen LogP contribution in [0.1, 0.15) is 26.3 Å². The van der Waals surface area contributed by atoms with Gasteiger partial charge in [0.15, 0.2) is 0 Å². The molecule has 0 aliphatic heterocycles. The fourth-order valence-corrected chi connectivity index (χ4v) is 3.79. The van der Waals surface area contributed by atoms with Gasteiger partial charge in [-0.15, -0.1) is 0 Å².